The number of halogens is 3. The van der Waals surface area contributed by atoms with Crippen LogP contribution in [0.1, 0.15) is 35.0 Å². The highest BCUT2D eigenvalue weighted by Crippen LogP contribution is 2.36. The van der Waals surface area contributed by atoms with Crippen molar-refractivity contribution in [1.82, 2.24) is 9.97 Å². The van der Waals surface area contributed by atoms with Crippen LogP contribution in [-0.4, -0.2) is 26.6 Å². The van der Waals surface area contributed by atoms with Crippen molar-refractivity contribution in [2.75, 3.05) is 0 Å². The summed E-state index contributed by atoms with van der Waals surface area (Å²) in [6, 6.07) is 10.3. The third-order valence-electron chi connectivity index (χ3n) is 4.97. The van der Waals surface area contributed by atoms with E-state index in [2.05, 4.69) is 9.97 Å². The molecule has 1 N–H and O–H groups in total. The minimum absolute atomic E-state index is 0.397. The van der Waals surface area contributed by atoms with Gasteiger partial charge in [0.1, 0.15) is 16.3 Å². The Morgan fingerprint density at radius 2 is 1.76 bits per heavy atom. The van der Waals surface area contributed by atoms with Crippen LogP contribution >= 0.6 is 22.7 Å². The zero-order valence-electron chi connectivity index (χ0n) is 17.9. The number of fused-ring (bicyclic) bond motifs is 1. The van der Waals surface area contributed by atoms with Gasteiger partial charge in [0.25, 0.3) is 0 Å². The van der Waals surface area contributed by atoms with Crippen LogP contribution in [0.5, 0.6) is 5.75 Å². The molecule has 0 fully saturated rings. The van der Waals surface area contributed by atoms with Crippen LogP contribution in [0.25, 0.3) is 20.8 Å². The van der Waals surface area contributed by atoms with Gasteiger partial charge in [-0.1, -0.05) is 18.2 Å². The van der Waals surface area contributed by atoms with E-state index < -0.39 is 23.3 Å². The molecule has 2 heterocycles. The number of hydrogen-bond acceptors (Lipinski definition) is 6. The number of aryl methyl sites for hydroxylation is 1. The molecular formula is C23H19F3N2O3S2. The number of hydrogen-bond donors (Lipinski definition) is 1. The summed E-state index contributed by atoms with van der Waals surface area (Å²) in [5, 5.41) is 10.8. The summed E-state index contributed by atoms with van der Waals surface area (Å²) in [6.07, 6.45) is -3.87. The Morgan fingerprint density at radius 3 is 2.39 bits per heavy atom. The van der Waals surface area contributed by atoms with E-state index in [4.69, 9.17) is 4.74 Å². The number of aromatic nitrogens is 2. The number of aliphatic carboxylic acids is 1. The van der Waals surface area contributed by atoms with E-state index in [0.717, 1.165) is 32.4 Å². The molecule has 0 unspecified atom stereocenters. The summed E-state index contributed by atoms with van der Waals surface area (Å²) in [5.74, 6) is -0.681. The van der Waals surface area contributed by atoms with E-state index in [1.807, 2.05) is 13.0 Å². The van der Waals surface area contributed by atoms with Crippen LogP contribution in [0.15, 0.2) is 42.5 Å². The lowest BCUT2D eigenvalue weighted by molar-refractivity contribution is -0.152. The number of rotatable bonds is 6. The predicted octanol–water partition coefficient (Wildman–Crippen LogP) is 6.58. The Hall–Kier alpha value is -2.98. The van der Waals surface area contributed by atoms with Crippen molar-refractivity contribution in [3.8, 4) is 16.3 Å². The summed E-state index contributed by atoms with van der Waals surface area (Å²) in [6.45, 7) is 4.81. The third kappa shape index (κ3) is 4.86. The van der Waals surface area contributed by atoms with Gasteiger partial charge in [0.05, 0.1) is 21.0 Å². The number of para-hydroxylation sites is 1. The highest BCUT2D eigenvalue weighted by molar-refractivity contribution is 7.19. The molecule has 2 aromatic carbocycles. The number of carbonyl (C=O) groups is 1. The number of thiazole rings is 2. The molecule has 10 heteroatoms. The number of carboxylic acids is 1. The largest absolute Gasteiger partial charge is 0.478 e. The van der Waals surface area contributed by atoms with Gasteiger partial charge in [0.2, 0.25) is 0 Å². The molecule has 0 aliphatic rings. The first-order valence-corrected chi connectivity index (χ1v) is 11.5. The van der Waals surface area contributed by atoms with Crippen LogP contribution in [0.3, 0.4) is 0 Å². The van der Waals surface area contributed by atoms with Crippen LogP contribution in [0.4, 0.5) is 13.2 Å². The van der Waals surface area contributed by atoms with Gasteiger partial charge in [-0.25, -0.2) is 14.8 Å². The lowest BCUT2D eigenvalue weighted by Gasteiger charge is -2.21. The maximum absolute atomic E-state index is 12.8. The highest BCUT2D eigenvalue weighted by Gasteiger charge is 2.31. The number of ether oxygens (including phenoxy) is 1. The second-order valence-electron chi connectivity index (χ2n) is 7.91. The molecule has 0 bridgehead atoms. The zero-order chi connectivity index (χ0) is 24.0. The lowest BCUT2D eigenvalue weighted by atomic mass is 10.1. The zero-order valence-corrected chi connectivity index (χ0v) is 19.5. The maximum Gasteiger partial charge on any atom is 0.416 e. The van der Waals surface area contributed by atoms with E-state index in [1.165, 1.54) is 48.7 Å². The first kappa shape index (κ1) is 23.2. The fourth-order valence-electron chi connectivity index (χ4n) is 3.10. The standard InChI is InChI=1S/C23H19F3N2O3S2/c1-12-17(33-20(27-12)13-7-9-14(10-8-13)23(24,25)26)11-18-28-19-15(5-4-6-16(19)32-18)31-22(2,3)21(29)30/h4-10H,11H2,1-3H3,(H,29,30). The number of alkyl halides is 3. The molecule has 0 aliphatic heterocycles. The monoisotopic (exact) mass is 492 g/mol. The molecule has 0 saturated heterocycles. The smallest absolute Gasteiger partial charge is 0.416 e. The van der Waals surface area contributed by atoms with Crippen molar-refractivity contribution in [1.29, 1.82) is 0 Å². The summed E-state index contributed by atoms with van der Waals surface area (Å²) in [5.41, 5.74) is -0.0887. The van der Waals surface area contributed by atoms with E-state index in [9.17, 15) is 23.1 Å². The Balaban J connectivity index is 1.60. The number of carboxylic acid groups (broad SMARTS) is 1. The lowest BCUT2D eigenvalue weighted by Crippen LogP contribution is -2.37. The fourth-order valence-corrected chi connectivity index (χ4v) is 5.26. The van der Waals surface area contributed by atoms with Crippen LogP contribution < -0.4 is 4.74 Å². The summed E-state index contributed by atoms with van der Waals surface area (Å²) in [7, 11) is 0. The molecule has 0 aliphatic carbocycles. The topological polar surface area (TPSA) is 72.3 Å². The summed E-state index contributed by atoms with van der Waals surface area (Å²) >= 11 is 2.89. The van der Waals surface area contributed by atoms with Gasteiger partial charge in [0.15, 0.2) is 5.60 Å². The summed E-state index contributed by atoms with van der Waals surface area (Å²) in [4.78, 5) is 21.6. The molecule has 0 amide bonds. The molecule has 0 spiro atoms. The molecular weight excluding hydrogens is 473 g/mol. The highest BCUT2D eigenvalue weighted by atomic mass is 32.1. The number of nitrogens with zero attached hydrogens (tertiary/aromatic N) is 2. The Labute approximate surface area is 195 Å². The van der Waals surface area contributed by atoms with E-state index in [0.29, 0.717) is 28.3 Å². The molecule has 172 valence electrons. The summed E-state index contributed by atoms with van der Waals surface area (Å²) < 4.78 is 45.1. The van der Waals surface area contributed by atoms with Crippen LogP contribution in [0, 0.1) is 6.92 Å². The molecule has 2 aromatic heterocycles. The van der Waals surface area contributed by atoms with Crippen molar-refractivity contribution in [2.45, 2.75) is 39.0 Å². The minimum Gasteiger partial charge on any atom is -0.478 e. The average molecular weight is 493 g/mol. The van der Waals surface area contributed by atoms with Crippen molar-refractivity contribution in [3.63, 3.8) is 0 Å². The van der Waals surface area contributed by atoms with Crippen molar-refractivity contribution >= 4 is 38.9 Å². The molecule has 0 atom stereocenters. The SMILES string of the molecule is Cc1nc(-c2ccc(C(F)(F)F)cc2)sc1Cc1nc2c(OC(C)(C)C(=O)O)cccc2s1. The van der Waals surface area contributed by atoms with Gasteiger partial charge >= 0.3 is 12.1 Å². The average Bonchev–Trinajstić information content (AvgIpc) is 3.31. The van der Waals surface area contributed by atoms with Crippen molar-refractivity contribution < 1.29 is 27.8 Å². The maximum atomic E-state index is 12.8. The molecule has 33 heavy (non-hydrogen) atoms. The van der Waals surface area contributed by atoms with E-state index in [-0.39, 0.29) is 0 Å². The second kappa shape index (κ2) is 8.42. The van der Waals surface area contributed by atoms with Gasteiger partial charge in [0, 0.05) is 16.9 Å². The normalized spacial score (nSPS) is 12.3. The van der Waals surface area contributed by atoms with E-state index >= 15 is 0 Å². The van der Waals surface area contributed by atoms with Gasteiger partial charge in [-0.3, -0.25) is 0 Å². The molecule has 0 radical (unpaired) electrons. The van der Waals surface area contributed by atoms with Crippen molar-refractivity contribution in [2.24, 2.45) is 0 Å². The Morgan fingerprint density at radius 1 is 1.06 bits per heavy atom. The molecule has 5 nitrogen and oxygen atoms in total. The first-order valence-electron chi connectivity index (χ1n) is 9.89. The molecule has 4 aromatic rings. The molecule has 4 rings (SSSR count). The Bertz CT molecular complexity index is 1330. The van der Waals surface area contributed by atoms with E-state index in [1.54, 1.807) is 12.1 Å². The van der Waals surface area contributed by atoms with Gasteiger partial charge in [-0.05, 0) is 45.0 Å². The third-order valence-corrected chi connectivity index (χ3v) is 7.20. The first-order chi connectivity index (χ1) is 15.4. The number of benzene rings is 2. The van der Waals surface area contributed by atoms with Gasteiger partial charge < -0.3 is 9.84 Å². The second-order valence-corrected chi connectivity index (χ2v) is 10.1. The minimum atomic E-state index is -4.38. The van der Waals surface area contributed by atoms with Crippen LogP contribution in [0.2, 0.25) is 0 Å². The van der Waals surface area contributed by atoms with Crippen molar-refractivity contribution in [3.05, 3.63) is 63.6 Å². The quantitative estimate of drug-likeness (QED) is 0.329. The molecule has 0 saturated carbocycles. The predicted molar refractivity (Wildman–Crippen MR) is 122 cm³/mol. The van der Waals surface area contributed by atoms with Gasteiger partial charge in [-0.15, -0.1) is 22.7 Å². The Kier molecular flexibility index (Phi) is 5.92. The van der Waals surface area contributed by atoms with Crippen LogP contribution in [-0.2, 0) is 17.4 Å². The van der Waals surface area contributed by atoms with Gasteiger partial charge in [-0.2, -0.15) is 13.2 Å². The fraction of sp³-hybridized carbons (Fsp3) is 0.261.